The van der Waals surface area contributed by atoms with Crippen LogP contribution in [0.25, 0.3) is 0 Å². The Hall–Kier alpha value is -1.38. The predicted molar refractivity (Wildman–Crippen MR) is 67.1 cm³/mol. The maximum atomic E-state index is 11.6. The quantitative estimate of drug-likeness (QED) is 0.834. The fraction of sp³-hybridized carbons (Fsp3) is 0.111. The van der Waals surface area contributed by atoms with Crippen LogP contribution in [0, 0.1) is 0 Å². The number of carbonyl (C=O) groups is 1. The predicted octanol–water partition coefficient (Wildman–Crippen LogP) is 1.33. The highest BCUT2D eigenvalue weighted by atomic mass is 35.7. The molecular formula is C9H8ClN3O3S2. The van der Waals surface area contributed by atoms with Crippen LogP contribution in [-0.4, -0.2) is 24.5 Å². The molecule has 0 radical (unpaired) electrons. The van der Waals surface area contributed by atoms with Gasteiger partial charge in [-0.2, -0.15) is 5.10 Å². The van der Waals surface area contributed by atoms with Crippen molar-refractivity contribution in [1.82, 2.24) is 15.5 Å². The number of carbonyl (C=O) groups excluding carboxylic acids is 1. The van der Waals surface area contributed by atoms with Gasteiger partial charge >= 0.3 is 0 Å². The zero-order valence-electron chi connectivity index (χ0n) is 8.88. The number of hydrogen-bond acceptors (Lipinski definition) is 5. The first kappa shape index (κ1) is 13.1. The molecule has 0 bridgehead atoms. The molecule has 2 aromatic rings. The van der Waals surface area contributed by atoms with Crippen molar-refractivity contribution in [1.29, 1.82) is 0 Å². The molecule has 0 aliphatic heterocycles. The SMILES string of the molecule is O=C(NCc1ccc(S(=O)(=O)Cl)s1)c1cn[nH]c1. The second kappa shape index (κ2) is 5.09. The smallest absolute Gasteiger partial charge is 0.270 e. The van der Waals surface area contributed by atoms with Crippen LogP contribution in [0.15, 0.2) is 28.7 Å². The summed E-state index contributed by atoms with van der Waals surface area (Å²) < 4.78 is 22.2. The van der Waals surface area contributed by atoms with Crippen LogP contribution < -0.4 is 5.32 Å². The van der Waals surface area contributed by atoms with E-state index in [9.17, 15) is 13.2 Å². The van der Waals surface area contributed by atoms with Crippen molar-refractivity contribution in [3.8, 4) is 0 Å². The van der Waals surface area contributed by atoms with E-state index in [0.29, 0.717) is 10.4 Å². The Morgan fingerprint density at radius 1 is 1.50 bits per heavy atom. The van der Waals surface area contributed by atoms with Gasteiger partial charge in [-0.25, -0.2) is 8.42 Å². The third-order valence-corrected chi connectivity index (χ3v) is 5.24. The minimum absolute atomic E-state index is 0.0664. The molecule has 18 heavy (non-hydrogen) atoms. The van der Waals surface area contributed by atoms with Gasteiger partial charge in [-0.3, -0.25) is 9.89 Å². The number of halogens is 1. The van der Waals surface area contributed by atoms with Gasteiger partial charge in [0.2, 0.25) is 0 Å². The van der Waals surface area contributed by atoms with Crippen LogP contribution >= 0.6 is 22.0 Å². The van der Waals surface area contributed by atoms with Crippen molar-refractivity contribution in [3.63, 3.8) is 0 Å². The van der Waals surface area contributed by atoms with Crippen LogP contribution in [0.3, 0.4) is 0 Å². The topological polar surface area (TPSA) is 91.9 Å². The lowest BCUT2D eigenvalue weighted by Gasteiger charge is -2.00. The average molecular weight is 306 g/mol. The molecule has 0 aliphatic rings. The highest BCUT2D eigenvalue weighted by Crippen LogP contribution is 2.24. The highest BCUT2D eigenvalue weighted by molar-refractivity contribution is 8.15. The maximum Gasteiger partial charge on any atom is 0.270 e. The molecule has 0 aliphatic carbocycles. The van der Waals surface area contributed by atoms with Gasteiger partial charge in [-0.05, 0) is 12.1 Å². The van der Waals surface area contributed by atoms with Crippen LogP contribution in [0.1, 0.15) is 15.2 Å². The van der Waals surface area contributed by atoms with Gasteiger partial charge in [-0.1, -0.05) is 0 Å². The lowest BCUT2D eigenvalue weighted by atomic mass is 10.3. The van der Waals surface area contributed by atoms with Gasteiger partial charge in [-0.15, -0.1) is 11.3 Å². The summed E-state index contributed by atoms with van der Waals surface area (Å²) >= 11 is 1.02. The first-order valence-electron chi connectivity index (χ1n) is 4.77. The Morgan fingerprint density at radius 2 is 2.28 bits per heavy atom. The molecule has 2 heterocycles. The van der Waals surface area contributed by atoms with Crippen LogP contribution in [0.5, 0.6) is 0 Å². The minimum Gasteiger partial charge on any atom is -0.347 e. The third kappa shape index (κ3) is 3.09. The summed E-state index contributed by atoms with van der Waals surface area (Å²) in [6.45, 7) is 0.237. The molecule has 2 aromatic heterocycles. The monoisotopic (exact) mass is 305 g/mol. The molecule has 2 N–H and O–H groups in total. The average Bonchev–Trinajstić information content (AvgIpc) is 2.96. The zero-order valence-corrected chi connectivity index (χ0v) is 11.3. The second-order valence-electron chi connectivity index (χ2n) is 3.33. The van der Waals surface area contributed by atoms with Crippen molar-refractivity contribution in [3.05, 3.63) is 35.0 Å². The van der Waals surface area contributed by atoms with E-state index in [-0.39, 0.29) is 16.7 Å². The standard InChI is InChI=1S/C9H8ClN3O3S2/c10-18(15,16)8-2-1-7(17-8)5-11-9(14)6-3-12-13-4-6/h1-4H,5H2,(H,11,14)(H,12,13). The van der Waals surface area contributed by atoms with Gasteiger partial charge < -0.3 is 5.32 Å². The summed E-state index contributed by atoms with van der Waals surface area (Å²) in [4.78, 5) is 12.3. The number of nitrogens with one attached hydrogen (secondary N) is 2. The number of nitrogens with zero attached hydrogens (tertiary/aromatic N) is 1. The van der Waals surface area contributed by atoms with Crippen LogP contribution in [0.2, 0.25) is 0 Å². The van der Waals surface area contributed by atoms with E-state index in [0.717, 1.165) is 11.3 Å². The molecule has 96 valence electrons. The largest absolute Gasteiger partial charge is 0.347 e. The Morgan fingerprint density at radius 3 is 2.83 bits per heavy atom. The normalized spacial score (nSPS) is 11.4. The summed E-state index contributed by atoms with van der Waals surface area (Å²) in [7, 11) is 1.50. The van der Waals surface area contributed by atoms with E-state index in [1.165, 1.54) is 18.5 Å². The number of rotatable bonds is 4. The van der Waals surface area contributed by atoms with Crippen molar-refractivity contribution >= 4 is 37.0 Å². The number of hydrogen-bond donors (Lipinski definition) is 2. The lowest BCUT2D eigenvalue weighted by Crippen LogP contribution is -2.21. The van der Waals surface area contributed by atoms with Gasteiger partial charge in [0.15, 0.2) is 0 Å². The molecule has 0 aromatic carbocycles. The Kier molecular flexibility index (Phi) is 3.69. The molecule has 2 rings (SSSR count). The number of aromatic nitrogens is 2. The first-order chi connectivity index (χ1) is 8.47. The third-order valence-electron chi connectivity index (χ3n) is 2.06. The van der Waals surface area contributed by atoms with E-state index < -0.39 is 9.05 Å². The maximum absolute atomic E-state index is 11.6. The Labute approximate surface area is 111 Å². The van der Waals surface area contributed by atoms with Gasteiger partial charge in [0, 0.05) is 21.8 Å². The van der Waals surface area contributed by atoms with E-state index in [4.69, 9.17) is 10.7 Å². The highest BCUT2D eigenvalue weighted by Gasteiger charge is 2.13. The van der Waals surface area contributed by atoms with Crippen molar-refractivity contribution < 1.29 is 13.2 Å². The number of aromatic amines is 1. The molecule has 1 amide bonds. The van der Waals surface area contributed by atoms with E-state index in [1.807, 2.05) is 0 Å². The van der Waals surface area contributed by atoms with Gasteiger partial charge in [0.25, 0.3) is 15.0 Å². The zero-order chi connectivity index (χ0) is 13.2. The molecule has 0 atom stereocenters. The minimum atomic E-state index is -3.70. The van der Waals surface area contributed by atoms with Crippen LogP contribution in [0.4, 0.5) is 0 Å². The van der Waals surface area contributed by atoms with Crippen molar-refractivity contribution in [2.45, 2.75) is 10.8 Å². The molecule has 0 spiro atoms. The summed E-state index contributed by atoms with van der Waals surface area (Å²) in [6, 6.07) is 3.02. The van der Waals surface area contributed by atoms with Crippen molar-refractivity contribution in [2.24, 2.45) is 0 Å². The molecule has 6 nitrogen and oxygen atoms in total. The van der Waals surface area contributed by atoms with Crippen LogP contribution in [-0.2, 0) is 15.6 Å². The lowest BCUT2D eigenvalue weighted by molar-refractivity contribution is 0.0951. The Balaban J connectivity index is 1.99. The molecule has 0 saturated heterocycles. The van der Waals surface area contributed by atoms with Gasteiger partial charge in [0.05, 0.1) is 18.3 Å². The number of thiophene rings is 1. The van der Waals surface area contributed by atoms with Crippen molar-refractivity contribution in [2.75, 3.05) is 0 Å². The first-order valence-corrected chi connectivity index (χ1v) is 7.90. The fourth-order valence-corrected chi connectivity index (χ4v) is 3.29. The summed E-state index contributed by atoms with van der Waals surface area (Å²) in [5.41, 5.74) is 0.414. The summed E-state index contributed by atoms with van der Waals surface area (Å²) in [6.07, 6.45) is 2.87. The fourth-order valence-electron chi connectivity index (χ4n) is 1.23. The molecule has 0 fully saturated rings. The van der Waals surface area contributed by atoms with E-state index in [2.05, 4.69) is 15.5 Å². The Bertz CT molecular complexity index is 648. The molecule has 9 heteroatoms. The van der Waals surface area contributed by atoms with Gasteiger partial charge in [0.1, 0.15) is 4.21 Å². The second-order valence-corrected chi connectivity index (χ2v) is 7.29. The molecule has 0 saturated carbocycles. The number of amides is 1. The summed E-state index contributed by atoms with van der Waals surface area (Å²) in [5, 5.41) is 8.82. The summed E-state index contributed by atoms with van der Waals surface area (Å²) in [5.74, 6) is -0.285. The van der Waals surface area contributed by atoms with E-state index >= 15 is 0 Å². The number of H-pyrrole nitrogens is 1. The van der Waals surface area contributed by atoms with E-state index in [1.54, 1.807) is 6.07 Å². The molecular weight excluding hydrogens is 298 g/mol. The molecule has 0 unspecified atom stereocenters.